The number of carbonyl (C=O) groups excluding carboxylic acids is 1. The second-order valence-corrected chi connectivity index (χ2v) is 6.94. The van der Waals surface area contributed by atoms with Crippen LogP contribution in [0.3, 0.4) is 0 Å². The quantitative estimate of drug-likeness (QED) is 0.845. The van der Waals surface area contributed by atoms with E-state index in [0.29, 0.717) is 18.8 Å². The molecule has 2 aromatic rings. The number of methoxy groups -OCH3 is 1. The largest absolute Gasteiger partial charge is 0.383 e. The van der Waals surface area contributed by atoms with Crippen molar-refractivity contribution in [2.45, 2.75) is 26.3 Å². The highest BCUT2D eigenvalue weighted by molar-refractivity contribution is 6.02. The van der Waals surface area contributed by atoms with Gasteiger partial charge in [0.25, 0.3) is 11.5 Å². The Labute approximate surface area is 158 Å². The van der Waals surface area contributed by atoms with Crippen molar-refractivity contribution in [2.75, 3.05) is 37.0 Å². The Morgan fingerprint density at radius 2 is 1.89 bits per heavy atom. The topological polar surface area (TPSA) is 76.5 Å². The van der Waals surface area contributed by atoms with E-state index in [0.717, 1.165) is 19.0 Å². The first kappa shape index (κ1) is 19.1. The van der Waals surface area contributed by atoms with Crippen molar-refractivity contribution in [1.82, 2.24) is 9.78 Å². The maximum atomic E-state index is 12.4. The Morgan fingerprint density at radius 3 is 2.56 bits per heavy atom. The summed E-state index contributed by atoms with van der Waals surface area (Å²) in [4.78, 5) is 26.6. The molecule has 1 aliphatic heterocycles. The van der Waals surface area contributed by atoms with Gasteiger partial charge in [-0.3, -0.25) is 9.59 Å². The van der Waals surface area contributed by atoms with E-state index in [1.807, 2.05) is 24.3 Å². The fraction of sp³-hybridized carbons (Fsp3) is 0.450. The first-order valence-electron chi connectivity index (χ1n) is 9.30. The number of anilines is 2. The molecule has 0 saturated carbocycles. The highest BCUT2D eigenvalue weighted by atomic mass is 16.5. The van der Waals surface area contributed by atoms with Crippen LogP contribution in [-0.2, 0) is 11.3 Å². The Hall–Kier alpha value is -2.67. The van der Waals surface area contributed by atoms with Crippen molar-refractivity contribution in [3.05, 3.63) is 52.4 Å². The predicted molar refractivity (Wildman–Crippen MR) is 105 cm³/mol. The molecule has 1 aromatic heterocycles. The van der Waals surface area contributed by atoms with Crippen LogP contribution >= 0.6 is 0 Å². The molecule has 0 bridgehead atoms. The predicted octanol–water partition coefficient (Wildman–Crippen LogP) is 2.38. The van der Waals surface area contributed by atoms with Gasteiger partial charge in [-0.25, -0.2) is 4.68 Å². The van der Waals surface area contributed by atoms with Gasteiger partial charge in [-0.1, -0.05) is 6.92 Å². The molecule has 3 rings (SSSR count). The molecule has 0 atom stereocenters. The standard InChI is InChI=1S/C20H26N4O3/c1-15-9-11-23(12-10-15)17-5-3-16(4-6-17)21-20(26)18-7-8-19(25)24(22-18)13-14-27-2/h3-8,15H,9-14H2,1-2H3,(H,21,26). The summed E-state index contributed by atoms with van der Waals surface area (Å²) in [6.45, 7) is 5.09. The lowest BCUT2D eigenvalue weighted by atomic mass is 9.99. The average Bonchev–Trinajstić information content (AvgIpc) is 2.68. The SMILES string of the molecule is COCCn1nc(C(=O)Nc2ccc(N3CCC(C)CC3)cc2)ccc1=O. The first-order valence-corrected chi connectivity index (χ1v) is 9.30. The molecular weight excluding hydrogens is 344 g/mol. The van der Waals surface area contributed by atoms with Crippen molar-refractivity contribution in [3.63, 3.8) is 0 Å². The molecule has 1 saturated heterocycles. The molecule has 1 aromatic carbocycles. The summed E-state index contributed by atoms with van der Waals surface area (Å²) in [5.41, 5.74) is 1.81. The molecule has 1 aliphatic rings. The van der Waals surface area contributed by atoms with Crippen molar-refractivity contribution < 1.29 is 9.53 Å². The van der Waals surface area contributed by atoms with Gasteiger partial charge in [0.15, 0.2) is 0 Å². The van der Waals surface area contributed by atoms with E-state index < -0.39 is 0 Å². The smallest absolute Gasteiger partial charge is 0.276 e. The number of hydrogen-bond acceptors (Lipinski definition) is 5. The minimum atomic E-state index is -0.347. The second kappa shape index (κ2) is 8.81. The number of amides is 1. The maximum Gasteiger partial charge on any atom is 0.276 e. The van der Waals surface area contributed by atoms with Gasteiger partial charge < -0.3 is 15.0 Å². The molecule has 7 nitrogen and oxygen atoms in total. The van der Waals surface area contributed by atoms with E-state index >= 15 is 0 Å². The monoisotopic (exact) mass is 370 g/mol. The molecule has 2 heterocycles. The molecule has 27 heavy (non-hydrogen) atoms. The first-order chi connectivity index (χ1) is 13.1. The van der Waals surface area contributed by atoms with Crippen LogP contribution in [0.5, 0.6) is 0 Å². The minimum absolute atomic E-state index is 0.194. The number of nitrogens with one attached hydrogen (secondary N) is 1. The number of piperidine rings is 1. The summed E-state index contributed by atoms with van der Waals surface area (Å²) in [6.07, 6.45) is 2.42. The van der Waals surface area contributed by atoms with Gasteiger partial charge >= 0.3 is 0 Å². The maximum absolute atomic E-state index is 12.4. The Kier molecular flexibility index (Phi) is 6.24. The molecule has 0 unspecified atom stereocenters. The summed E-state index contributed by atoms with van der Waals surface area (Å²) in [6, 6.07) is 10.6. The summed E-state index contributed by atoms with van der Waals surface area (Å²) in [5.74, 6) is 0.445. The van der Waals surface area contributed by atoms with E-state index in [4.69, 9.17) is 4.74 Å². The highest BCUT2D eigenvalue weighted by Gasteiger charge is 2.16. The molecule has 144 valence electrons. The van der Waals surface area contributed by atoms with Crippen LogP contribution in [0, 0.1) is 5.92 Å². The van der Waals surface area contributed by atoms with Crippen LogP contribution in [0.4, 0.5) is 11.4 Å². The third-order valence-corrected chi connectivity index (χ3v) is 4.88. The van der Waals surface area contributed by atoms with E-state index in [-0.39, 0.29) is 17.2 Å². The van der Waals surface area contributed by atoms with Crippen LogP contribution in [0.1, 0.15) is 30.3 Å². The van der Waals surface area contributed by atoms with Gasteiger partial charge in [0.2, 0.25) is 0 Å². The van der Waals surface area contributed by atoms with Crippen molar-refractivity contribution in [1.29, 1.82) is 0 Å². The number of rotatable bonds is 6. The molecule has 0 radical (unpaired) electrons. The van der Waals surface area contributed by atoms with Crippen LogP contribution in [0.25, 0.3) is 0 Å². The second-order valence-electron chi connectivity index (χ2n) is 6.94. The van der Waals surface area contributed by atoms with E-state index in [9.17, 15) is 9.59 Å². The Balaban J connectivity index is 1.65. The fourth-order valence-electron chi connectivity index (χ4n) is 3.13. The minimum Gasteiger partial charge on any atom is -0.383 e. The third kappa shape index (κ3) is 4.95. The zero-order valence-electron chi connectivity index (χ0n) is 15.9. The normalized spacial score (nSPS) is 15.0. The summed E-state index contributed by atoms with van der Waals surface area (Å²) in [5, 5.41) is 6.94. The molecular formula is C20H26N4O3. The van der Waals surface area contributed by atoms with E-state index in [2.05, 4.69) is 22.2 Å². The number of carbonyl (C=O) groups is 1. The van der Waals surface area contributed by atoms with Gasteiger partial charge in [-0.05, 0) is 49.1 Å². The van der Waals surface area contributed by atoms with Gasteiger partial charge in [0, 0.05) is 37.6 Å². The van der Waals surface area contributed by atoms with Crippen molar-refractivity contribution >= 4 is 17.3 Å². The fourth-order valence-corrected chi connectivity index (χ4v) is 3.13. The van der Waals surface area contributed by atoms with Gasteiger partial charge in [-0.2, -0.15) is 5.10 Å². The van der Waals surface area contributed by atoms with Gasteiger partial charge in [0.05, 0.1) is 13.2 Å². The lowest BCUT2D eigenvalue weighted by Gasteiger charge is -2.32. The zero-order chi connectivity index (χ0) is 19.2. The Bertz CT molecular complexity index is 824. The molecule has 0 aliphatic carbocycles. The number of ether oxygens (including phenoxy) is 1. The van der Waals surface area contributed by atoms with Crippen LogP contribution in [0.15, 0.2) is 41.2 Å². The Morgan fingerprint density at radius 1 is 1.19 bits per heavy atom. The zero-order valence-corrected chi connectivity index (χ0v) is 15.9. The molecule has 1 fully saturated rings. The van der Waals surface area contributed by atoms with E-state index in [1.165, 1.54) is 35.3 Å². The number of benzene rings is 1. The lowest BCUT2D eigenvalue weighted by Crippen LogP contribution is -2.32. The van der Waals surface area contributed by atoms with Crippen LogP contribution in [-0.4, -0.2) is 42.5 Å². The van der Waals surface area contributed by atoms with Crippen molar-refractivity contribution in [3.8, 4) is 0 Å². The molecule has 1 N–H and O–H groups in total. The lowest BCUT2D eigenvalue weighted by molar-refractivity contribution is 0.101. The van der Waals surface area contributed by atoms with E-state index in [1.54, 1.807) is 7.11 Å². The summed E-state index contributed by atoms with van der Waals surface area (Å²) in [7, 11) is 1.55. The molecule has 0 spiro atoms. The van der Waals surface area contributed by atoms with Crippen LogP contribution < -0.4 is 15.8 Å². The number of hydrogen-bond donors (Lipinski definition) is 1. The number of nitrogens with zero attached hydrogens (tertiary/aromatic N) is 3. The third-order valence-electron chi connectivity index (χ3n) is 4.88. The average molecular weight is 370 g/mol. The summed E-state index contributed by atoms with van der Waals surface area (Å²) >= 11 is 0. The van der Waals surface area contributed by atoms with Crippen LogP contribution in [0.2, 0.25) is 0 Å². The van der Waals surface area contributed by atoms with Gasteiger partial charge in [-0.15, -0.1) is 0 Å². The molecule has 1 amide bonds. The molecule has 7 heteroatoms. The van der Waals surface area contributed by atoms with Gasteiger partial charge in [0.1, 0.15) is 5.69 Å². The van der Waals surface area contributed by atoms with Crippen molar-refractivity contribution in [2.24, 2.45) is 5.92 Å². The number of aromatic nitrogens is 2. The summed E-state index contributed by atoms with van der Waals surface area (Å²) < 4.78 is 6.19. The highest BCUT2D eigenvalue weighted by Crippen LogP contribution is 2.24.